The smallest absolute Gasteiger partial charge is 0.0965 e. The van der Waals surface area contributed by atoms with E-state index in [1.165, 1.54) is 102 Å². The van der Waals surface area contributed by atoms with Crippen molar-refractivity contribution in [2.24, 2.45) is 21.8 Å². The number of nitrogens with zero attached hydrogens (tertiary/aromatic N) is 2. The van der Waals surface area contributed by atoms with Crippen LogP contribution in [-0.4, -0.2) is 12.4 Å². The van der Waals surface area contributed by atoms with E-state index in [0.29, 0.717) is 11.8 Å². The van der Waals surface area contributed by atoms with Gasteiger partial charge in [-0.3, -0.25) is 0 Å². The normalized spacial score (nSPS) is 15.0. The molecule has 1 aliphatic heterocycles. The molecule has 0 saturated carbocycles. The largest absolute Gasteiger partial charge is 0.244 e. The standard InChI is InChI=1S/C29H47N2/c1-3-5-7-8-9-10-11-12-13-18-21-27(25-26-19-16-14-17-20-26)28(22-15-6-4-2)29-30-23-24-31-29/h14,16-17,19-20,23-24,27-28H,3-13,15,18,21-22,25H2,1-2H3/q+1. The highest BCUT2D eigenvalue weighted by molar-refractivity contribution is 6.18. The summed E-state index contributed by atoms with van der Waals surface area (Å²) in [4.78, 5) is 9.29. The summed E-state index contributed by atoms with van der Waals surface area (Å²) in [5.41, 5.74) is 1.46. The lowest BCUT2D eigenvalue weighted by atomic mass is 9.78. The van der Waals surface area contributed by atoms with Crippen molar-refractivity contribution in [3.05, 3.63) is 42.1 Å². The van der Waals surface area contributed by atoms with E-state index in [1.54, 1.807) is 0 Å². The number of rotatable bonds is 19. The first-order valence-corrected chi connectivity index (χ1v) is 13.3. The van der Waals surface area contributed by atoms with Crippen molar-refractivity contribution in [1.29, 1.82) is 0 Å². The molecule has 2 nitrogen and oxygen atoms in total. The first-order chi connectivity index (χ1) is 15.3. The number of hydrogen-bond acceptors (Lipinski definition) is 2. The van der Waals surface area contributed by atoms with E-state index in [4.69, 9.17) is 0 Å². The third kappa shape index (κ3) is 11.0. The fourth-order valence-electron chi connectivity index (χ4n) is 4.89. The van der Waals surface area contributed by atoms with Crippen LogP contribution in [0.2, 0.25) is 0 Å². The summed E-state index contributed by atoms with van der Waals surface area (Å²) in [6.45, 7) is 4.59. The van der Waals surface area contributed by atoms with Crippen LogP contribution in [0, 0.1) is 18.0 Å². The number of benzene rings is 1. The predicted octanol–water partition coefficient (Wildman–Crippen LogP) is 9.00. The third-order valence-corrected chi connectivity index (χ3v) is 6.77. The van der Waals surface area contributed by atoms with E-state index < -0.39 is 0 Å². The van der Waals surface area contributed by atoms with Crippen molar-refractivity contribution in [3.8, 4) is 0 Å². The van der Waals surface area contributed by atoms with Crippen molar-refractivity contribution in [1.82, 2.24) is 0 Å². The zero-order chi connectivity index (χ0) is 22.0. The van der Waals surface area contributed by atoms with Crippen LogP contribution in [0.25, 0.3) is 0 Å². The number of unbranched alkanes of at least 4 members (excludes halogenated alkanes) is 11. The summed E-state index contributed by atoms with van der Waals surface area (Å²) < 4.78 is 0. The van der Waals surface area contributed by atoms with Crippen LogP contribution >= 0.6 is 0 Å². The van der Waals surface area contributed by atoms with E-state index >= 15 is 0 Å². The van der Waals surface area contributed by atoms with Crippen LogP contribution in [0.5, 0.6) is 0 Å². The first kappa shape index (κ1) is 25.7. The van der Waals surface area contributed by atoms with Gasteiger partial charge in [-0.2, -0.15) is 0 Å². The lowest BCUT2D eigenvalue weighted by molar-refractivity contribution is 0.284. The van der Waals surface area contributed by atoms with Gasteiger partial charge in [-0.25, -0.2) is 0 Å². The Bertz CT molecular complexity index is 580. The number of hydrogen-bond donors (Lipinski definition) is 0. The van der Waals surface area contributed by atoms with Crippen molar-refractivity contribution in [3.63, 3.8) is 0 Å². The summed E-state index contributed by atoms with van der Waals surface area (Å²) in [5, 5.41) is 0. The molecule has 0 aliphatic carbocycles. The molecular weight excluding hydrogens is 376 g/mol. The SMILES string of the molecule is CCCCCCCCCCCCC(Cc1ccccc1)C(CCCCC)[C+]1N=CC=N1. The maximum Gasteiger partial charge on any atom is 0.244 e. The first-order valence-electron chi connectivity index (χ1n) is 13.3. The maximum atomic E-state index is 4.65. The van der Waals surface area contributed by atoms with Crippen LogP contribution in [0.4, 0.5) is 0 Å². The minimum Gasteiger partial charge on any atom is -0.0965 e. The van der Waals surface area contributed by atoms with E-state index in [9.17, 15) is 0 Å². The molecule has 0 fully saturated rings. The molecule has 1 aromatic carbocycles. The third-order valence-electron chi connectivity index (χ3n) is 6.77. The van der Waals surface area contributed by atoms with Crippen molar-refractivity contribution < 1.29 is 0 Å². The van der Waals surface area contributed by atoms with Crippen LogP contribution < -0.4 is 0 Å². The van der Waals surface area contributed by atoms with Gasteiger partial charge < -0.3 is 0 Å². The molecule has 2 atom stereocenters. The average Bonchev–Trinajstić information content (AvgIpc) is 3.33. The highest BCUT2D eigenvalue weighted by Crippen LogP contribution is 2.36. The molecule has 1 heterocycles. The zero-order valence-corrected chi connectivity index (χ0v) is 20.4. The second-order valence-electron chi connectivity index (χ2n) is 9.44. The van der Waals surface area contributed by atoms with E-state index in [2.05, 4.69) is 54.2 Å². The van der Waals surface area contributed by atoms with Gasteiger partial charge in [-0.1, -0.05) is 138 Å². The topological polar surface area (TPSA) is 24.7 Å². The molecule has 172 valence electrons. The van der Waals surface area contributed by atoms with E-state index in [1.807, 2.05) is 12.4 Å². The Labute approximate surface area is 193 Å². The molecule has 0 radical (unpaired) electrons. The second-order valence-corrected chi connectivity index (χ2v) is 9.44. The molecule has 0 aromatic heterocycles. The van der Waals surface area contributed by atoms with Gasteiger partial charge in [0.05, 0.1) is 5.92 Å². The molecule has 1 aliphatic rings. The molecule has 0 saturated heterocycles. The minimum absolute atomic E-state index is 0.500. The lowest BCUT2D eigenvalue weighted by Crippen LogP contribution is -2.22. The maximum absolute atomic E-state index is 4.65. The molecular formula is C29H47N2+. The monoisotopic (exact) mass is 423 g/mol. The zero-order valence-electron chi connectivity index (χ0n) is 20.4. The van der Waals surface area contributed by atoms with E-state index in [-0.39, 0.29) is 0 Å². The Morgan fingerprint density at radius 1 is 0.645 bits per heavy atom. The molecule has 1 aromatic rings. The fraction of sp³-hybridized carbons (Fsp3) is 0.690. The molecule has 0 N–H and O–H groups in total. The number of aliphatic imine (C=N–C) groups is 2. The summed E-state index contributed by atoms with van der Waals surface area (Å²) in [7, 11) is 0. The van der Waals surface area contributed by atoms with Gasteiger partial charge in [-0.15, -0.1) is 0 Å². The Kier molecular flexibility index (Phi) is 14.1. The Morgan fingerprint density at radius 3 is 1.77 bits per heavy atom. The fourth-order valence-corrected chi connectivity index (χ4v) is 4.89. The molecule has 0 bridgehead atoms. The summed E-state index contributed by atoms with van der Waals surface area (Å²) in [6, 6.07) is 11.1. The van der Waals surface area contributed by atoms with Gasteiger partial charge in [0.1, 0.15) is 0 Å². The van der Waals surface area contributed by atoms with Gasteiger partial charge >= 0.3 is 0 Å². The Hall–Kier alpha value is -1.57. The molecule has 2 unspecified atom stereocenters. The van der Waals surface area contributed by atoms with Gasteiger partial charge in [0.25, 0.3) is 0 Å². The summed E-state index contributed by atoms with van der Waals surface area (Å²) in [5.74, 6) is 1.15. The van der Waals surface area contributed by atoms with Gasteiger partial charge in [0.2, 0.25) is 6.17 Å². The quantitative estimate of drug-likeness (QED) is 0.157. The average molecular weight is 424 g/mol. The van der Waals surface area contributed by atoms with Gasteiger partial charge in [-0.05, 0) is 30.7 Å². The highest BCUT2D eigenvalue weighted by atomic mass is 15.0. The van der Waals surface area contributed by atoms with Crippen molar-refractivity contribution in [2.75, 3.05) is 0 Å². The van der Waals surface area contributed by atoms with Crippen molar-refractivity contribution >= 4 is 12.4 Å². The summed E-state index contributed by atoms with van der Waals surface area (Å²) >= 11 is 0. The Morgan fingerprint density at radius 2 is 1.16 bits per heavy atom. The molecule has 31 heavy (non-hydrogen) atoms. The molecule has 0 spiro atoms. The molecule has 2 heteroatoms. The predicted molar refractivity (Wildman–Crippen MR) is 138 cm³/mol. The minimum atomic E-state index is 0.500. The van der Waals surface area contributed by atoms with Crippen LogP contribution in [0.15, 0.2) is 40.3 Å². The molecule has 2 rings (SSSR count). The van der Waals surface area contributed by atoms with Crippen LogP contribution in [0.1, 0.15) is 116 Å². The van der Waals surface area contributed by atoms with Crippen LogP contribution in [-0.2, 0) is 6.42 Å². The Balaban J connectivity index is 1.82. The van der Waals surface area contributed by atoms with Crippen molar-refractivity contribution in [2.45, 2.75) is 117 Å². The van der Waals surface area contributed by atoms with Gasteiger partial charge in [0, 0.05) is 0 Å². The van der Waals surface area contributed by atoms with E-state index in [0.717, 1.165) is 12.6 Å². The molecule has 0 amide bonds. The lowest BCUT2D eigenvalue weighted by Gasteiger charge is -2.26. The highest BCUT2D eigenvalue weighted by Gasteiger charge is 2.35. The van der Waals surface area contributed by atoms with Crippen LogP contribution in [0.3, 0.4) is 0 Å². The summed E-state index contributed by atoms with van der Waals surface area (Å²) in [6.07, 6.45) is 26.4. The second kappa shape index (κ2) is 17.0. The van der Waals surface area contributed by atoms with Gasteiger partial charge in [0.15, 0.2) is 12.4 Å².